The molecule has 2 aliphatic heterocycles. The first-order valence-electron chi connectivity index (χ1n) is 7.61. The van der Waals surface area contributed by atoms with Crippen molar-refractivity contribution in [3.8, 4) is 45.5 Å². The van der Waals surface area contributed by atoms with Gasteiger partial charge >= 0.3 is 0 Å². The van der Waals surface area contributed by atoms with E-state index >= 15 is 0 Å². The van der Waals surface area contributed by atoms with Gasteiger partial charge in [0.1, 0.15) is 0 Å². The molecule has 2 aromatic carbocycles. The van der Waals surface area contributed by atoms with Crippen molar-refractivity contribution in [1.29, 1.82) is 0 Å². The molecule has 0 aliphatic carbocycles. The lowest BCUT2D eigenvalue weighted by Crippen LogP contribution is -1.93. The smallest absolute Gasteiger partial charge is 0.231 e. The lowest BCUT2D eigenvalue weighted by molar-refractivity contribution is 0.173. The molecule has 5 rings (SSSR count). The van der Waals surface area contributed by atoms with Gasteiger partial charge < -0.3 is 23.5 Å². The van der Waals surface area contributed by atoms with Crippen LogP contribution >= 0.6 is 0 Å². The number of imidazole rings is 1. The number of benzene rings is 2. The van der Waals surface area contributed by atoms with E-state index in [2.05, 4.69) is 4.98 Å². The van der Waals surface area contributed by atoms with Gasteiger partial charge in [-0.3, -0.25) is 0 Å². The first-order chi connectivity index (χ1) is 11.8. The van der Waals surface area contributed by atoms with Crippen molar-refractivity contribution in [3.05, 3.63) is 42.7 Å². The van der Waals surface area contributed by atoms with Crippen molar-refractivity contribution in [2.45, 2.75) is 0 Å². The van der Waals surface area contributed by atoms with E-state index in [1.165, 1.54) is 0 Å². The molecule has 0 saturated carbocycles. The number of hydrogen-bond donors (Lipinski definition) is 0. The standard InChI is InChI=1S/C18H14N2O4/c1-20-8-19-17(11-2-4-13-15(6-11)23-9-21-13)18(20)12-3-5-14-16(7-12)24-10-22-14/h2-8H,9-10H2,1H3. The quantitative estimate of drug-likeness (QED) is 0.725. The second-order valence-corrected chi connectivity index (χ2v) is 5.69. The topological polar surface area (TPSA) is 54.7 Å². The Morgan fingerprint density at radius 3 is 2.08 bits per heavy atom. The van der Waals surface area contributed by atoms with E-state index in [0.717, 1.165) is 45.5 Å². The largest absolute Gasteiger partial charge is 0.454 e. The van der Waals surface area contributed by atoms with Crippen molar-refractivity contribution in [2.24, 2.45) is 7.05 Å². The van der Waals surface area contributed by atoms with Gasteiger partial charge in [0.2, 0.25) is 13.6 Å². The average molecular weight is 322 g/mol. The maximum absolute atomic E-state index is 5.49. The SMILES string of the molecule is Cn1cnc(-c2ccc3c(c2)OCO3)c1-c1ccc2c(c1)OCO2. The highest BCUT2D eigenvalue weighted by molar-refractivity contribution is 5.81. The summed E-state index contributed by atoms with van der Waals surface area (Å²) in [5.41, 5.74) is 3.89. The fourth-order valence-electron chi connectivity index (χ4n) is 3.07. The van der Waals surface area contributed by atoms with E-state index in [-0.39, 0.29) is 13.6 Å². The minimum Gasteiger partial charge on any atom is -0.454 e. The molecule has 24 heavy (non-hydrogen) atoms. The summed E-state index contributed by atoms with van der Waals surface area (Å²) in [5.74, 6) is 3.03. The van der Waals surface area contributed by atoms with E-state index in [1.807, 2.05) is 48.0 Å². The van der Waals surface area contributed by atoms with Crippen LogP contribution in [0.15, 0.2) is 42.7 Å². The fourth-order valence-corrected chi connectivity index (χ4v) is 3.07. The molecule has 0 atom stereocenters. The molecule has 0 unspecified atom stereocenters. The zero-order chi connectivity index (χ0) is 16.1. The van der Waals surface area contributed by atoms with Gasteiger partial charge in [0, 0.05) is 18.2 Å². The molecule has 0 radical (unpaired) electrons. The van der Waals surface area contributed by atoms with E-state index in [9.17, 15) is 0 Å². The lowest BCUT2D eigenvalue weighted by Gasteiger charge is -2.08. The van der Waals surface area contributed by atoms with Crippen LogP contribution in [0.4, 0.5) is 0 Å². The second kappa shape index (κ2) is 4.92. The molecule has 3 aromatic rings. The normalized spacial score (nSPS) is 14.2. The molecule has 120 valence electrons. The molecule has 3 heterocycles. The number of aromatic nitrogens is 2. The van der Waals surface area contributed by atoms with E-state index < -0.39 is 0 Å². The highest BCUT2D eigenvalue weighted by atomic mass is 16.7. The Morgan fingerprint density at radius 2 is 1.38 bits per heavy atom. The molecule has 1 aromatic heterocycles. The van der Waals surface area contributed by atoms with Crippen LogP contribution in [0.25, 0.3) is 22.5 Å². The molecule has 0 amide bonds. The van der Waals surface area contributed by atoms with Gasteiger partial charge in [0.15, 0.2) is 23.0 Å². The number of ether oxygens (including phenoxy) is 4. The number of rotatable bonds is 2. The molecular weight excluding hydrogens is 308 g/mol. The van der Waals surface area contributed by atoms with Crippen LogP contribution in [-0.4, -0.2) is 23.1 Å². The average Bonchev–Trinajstić information content (AvgIpc) is 3.32. The third-order valence-electron chi connectivity index (χ3n) is 4.23. The molecular formula is C18H14N2O4. The zero-order valence-corrected chi connectivity index (χ0v) is 13.0. The summed E-state index contributed by atoms with van der Waals surface area (Å²) in [6.45, 7) is 0.523. The lowest BCUT2D eigenvalue weighted by atomic mass is 10.0. The minimum absolute atomic E-state index is 0.260. The van der Waals surface area contributed by atoms with Crippen LogP contribution in [0.1, 0.15) is 0 Å². The minimum atomic E-state index is 0.260. The Kier molecular flexibility index (Phi) is 2.73. The summed E-state index contributed by atoms with van der Waals surface area (Å²) in [6.07, 6.45) is 1.81. The predicted octanol–water partition coefficient (Wildman–Crippen LogP) is 3.21. The molecule has 2 aliphatic rings. The summed E-state index contributed by atoms with van der Waals surface area (Å²) < 4.78 is 23.7. The third kappa shape index (κ3) is 1.93. The first-order valence-corrected chi connectivity index (χ1v) is 7.61. The second-order valence-electron chi connectivity index (χ2n) is 5.69. The fraction of sp³-hybridized carbons (Fsp3) is 0.167. The summed E-state index contributed by atoms with van der Waals surface area (Å²) in [5, 5.41) is 0. The van der Waals surface area contributed by atoms with Gasteiger partial charge in [-0.05, 0) is 36.4 Å². The van der Waals surface area contributed by atoms with Crippen molar-refractivity contribution in [3.63, 3.8) is 0 Å². The van der Waals surface area contributed by atoms with Crippen LogP contribution in [-0.2, 0) is 7.05 Å². The molecule has 6 nitrogen and oxygen atoms in total. The van der Waals surface area contributed by atoms with Gasteiger partial charge in [-0.1, -0.05) is 0 Å². The molecule has 0 fully saturated rings. The number of hydrogen-bond acceptors (Lipinski definition) is 5. The van der Waals surface area contributed by atoms with E-state index in [1.54, 1.807) is 6.33 Å². The third-order valence-corrected chi connectivity index (χ3v) is 4.23. The van der Waals surface area contributed by atoms with Gasteiger partial charge in [0.05, 0.1) is 17.7 Å². The summed E-state index contributed by atoms with van der Waals surface area (Å²) in [4.78, 5) is 4.58. The van der Waals surface area contributed by atoms with Crippen molar-refractivity contribution < 1.29 is 18.9 Å². The maximum Gasteiger partial charge on any atom is 0.231 e. The first kappa shape index (κ1) is 13.3. The Hall–Kier alpha value is -3.15. The highest BCUT2D eigenvalue weighted by Gasteiger charge is 2.20. The predicted molar refractivity (Wildman–Crippen MR) is 86.3 cm³/mol. The Morgan fingerprint density at radius 1 is 0.792 bits per heavy atom. The molecule has 0 spiro atoms. The van der Waals surface area contributed by atoms with Crippen LogP contribution in [0.5, 0.6) is 23.0 Å². The van der Waals surface area contributed by atoms with Crippen molar-refractivity contribution >= 4 is 0 Å². The highest BCUT2D eigenvalue weighted by Crippen LogP contribution is 2.41. The Balaban J connectivity index is 1.64. The summed E-state index contributed by atoms with van der Waals surface area (Å²) >= 11 is 0. The molecule has 6 heteroatoms. The van der Waals surface area contributed by atoms with Crippen molar-refractivity contribution in [2.75, 3.05) is 13.6 Å². The van der Waals surface area contributed by atoms with Crippen LogP contribution < -0.4 is 18.9 Å². The molecule has 0 N–H and O–H groups in total. The van der Waals surface area contributed by atoms with Gasteiger partial charge in [-0.15, -0.1) is 0 Å². The Bertz CT molecular complexity index is 948. The maximum atomic E-state index is 5.49. The summed E-state index contributed by atoms with van der Waals surface area (Å²) in [7, 11) is 1.98. The number of aryl methyl sites for hydroxylation is 1. The van der Waals surface area contributed by atoms with Gasteiger partial charge in [-0.2, -0.15) is 0 Å². The monoisotopic (exact) mass is 322 g/mol. The summed E-state index contributed by atoms with van der Waals surface area (Å²) in [6, 6.07) is 11.8. The van der Waals surface area contributed by atoms with E-state index in [0.29, 0.717) is 0 Å². The molecule has 0 saturated heterocycles. The van der Waals surface area contributed by atoms with Gasteiger partial charge in [0.25, 0.3) is 0 Å². The van der Waals surface area contributed by atoms with Crippen LogP contribution in [0.2, 0.25) is 0 Å². The zero-order valence-electron chi connectivity index (χ0n) is 13.0. The number of fused-ring (bicyclic) bond motifs is 2. The van der Waals surface area contributed by atoms with E-state index in [4.69, 9.17) is 18.9 Å². The number of nitrogens with zero attached hydrogens (tertiary/aromatic N) is 2. The van der Waals surface area contributed by atoms with Gasteiger partial charge in [-0.25, -0.2) is 4.98 Å². The molecule has 0 bridgehead atoms. The van der Waals surface area contributed by atoms with Crippen molar-refractivity contribution in [1.82, 2.24) is 9.55 Å². The Labute approximate surface area is 138 Å². The van der Waals surface area contributed by atoms with Crippen LogP contribution in [0, 0.1) is 0 Å². The van der Waals surface area contributed by atoms with Crippen LogP contribution in [0.3, 0.4) is 0 Å².